The van der Waals surface area contributed by atoms with Crippen LogP contribution in [0.1, 0.15) is 48.2 Å². The third-order valence-electron chi connectivity index (χ3n) is 5.87. The van der Waals surface area contributed by atoms with Gasteiger partial charge in [-0.3, -0.25) is 19.6 Å². The fourth-order valence-corrected chi connectivity index (χ4v) is 4.09. The van der Waals surface area contributed by atoms with E-state index in [2.05, 4.69) is 30.9 Å². The van der Waals surface area contributed by atoms with Gasteiger partial charge in [0.1, 0.15) is 6.04 Å². The average molecular weight is 463 g/mol. The van der Waals surface area contributed by atoms with Crippen molar-refractivity contribution in [2.75, 3.05) is 10.6 Å². The normalized spacial score (nSPS) is 14.4. The topological polar surface area (TPSA) is 109 Å². The molecule has 1 aliphatic rings. The number of carbonyl (C=O) groups is 2. The van der Waals surface area contributed by atoms with Crippen molar-refractivity contribution < 1.29 is 14.0 Å². The lowest BCUT2D eigenvalue weighted by atomic mass is 9.97. The molecule has 34 heavy (non-hydrogen) atoms. The first-order valence-corrected chi connectivity index (χ1v) is 11.3. The van der Waals surface area contributed by atoms with Gasteiger partial charge in [-0.2, -0.15) is 0 Å². The molecule has 0 spiro atoms. The number of rotatable bonds is 8. The van der Waals surface area contributed by atoms with Gasteiger partial charge in [0.05, 0.1) is 30.0 Å². The van der Waals surface area contributed by atoms with Crippen molar-refractivity contribution >= 4 is 29.0 Å². The van der Waals surface area contributed by atoms with Crippen LogP contribution in [-0.2, 0) is 4.79 Å². The number of aryl methyl sites for hydroxylation is 1. The van der Waals surface area contributed by atoms with E-state index in [1.165, 1.54) is 18.5 Å². The Bertz CT molecular complexity index is 1150. The molecule has 176 valence electrons. The molecule has 1 aliphatic carbocycles. The lowest BCUT2D eigenvalue weighted by Crippen LogP contribution is -2.45. The Balaban J connectivity index is 1.47. The maximum absolute atomic E-state index is 13.9. The Morgan fingerprint density at radius 3 is 2.68 bits per heavy atom. The van der Waals surface area contributed by atoms with Crippen molar-refractivity contribution in [1.29, 1.82) is 0 Å². The lowest BCUT2D eigenvalue weighted by molar-refractivity contribution is -0.118. The second kappa shape index (κ2) is 10.8. The van der Waals surface area contributed by atoms with E-state index in [0.29, 0.717) is 29.4 Å². The van der Waals surface area contributed by atoms with Crippen LogP contribution in [0.25, 0.3) is 0 Å². The fraction of sp³-hybridized carbons (Fsp3) is 0.320. The number of pyridine rings is 1. The van der Waals surface area contributed by atoms with E-state index in [0.717, 1.165) is 37.6 Å². The molecular formula is C25H27FN6O2. The minimum absolute atomic E-state index is 0.255. The lowest BCUT2D eigenvalue weighted by Gasteiger charge is -2.21. The smallest absolute Gasteiger partial charge is 0.252 e. The van der Waals surface area contributed by atoms with Crippen molar-refractivity contribution in [2.24, 2.45) is 5.92 Å². The van der Waals surface area contributed by atoms with E-state index < -0.39 is 11.9 Å². The number of benzene rings is 1. The number of anilines is 3. The number of halogens is 1. The van der Waals surface area contributed by atoms with E-state index in [-0.39, 0.29) is 17.5 Å². The number of nitrogens with one attached hydrogen (secondary N) is 3. The summed E-state index contributed by atoms with van der Waals surface area (Å²) in [5, 5.41) is 8.60. The highest BCUT2D eigenvalue weighted by Crippen LogP contribution is 2.29. The highest BCUT2D eigenvalue weighted by Gasteiger charge is 2.27. The third-order valence-corrected chi connectivity index (χ3v) is 5.87. The van der Waals surface area contributed by atoms with Gasteiger partial charge >= 0.3 is 0 Å². The number of hydrogen-bond donors (Lipinski definition) is 3. The fourth-order valence-electron chi connectivity index (χ4n) is 4.09. The van der Waals surface area contributed by atoms with Gasteiger partial charge in [0.25, 0.3) is 5.91 Å². The Morgan fingerprint density at radius 2 is 1.94 bits per heavy atom. The molecule has 0 radical (unpaired) electrons. The molecule has 2 heterocycles. The summed E-state index contributed by atoms with van der Waals surface area (Å²) in [6.07, 6.45) is 10.6. The summed E-state index contributed by atoms with van der Waals surface area (Å²) in [4.78, 5) is 38.2. The minimum atomic E-state index is -0.715. The van der Waals surface area contributed by atoms with E-state index in [1.54, 1.807) is 30.5 Å². The number of hydrogen-bond acceptors (Lipinski definition) is 6. The second-order valence-electron chi connectivity index (χ2n) is 8.51. The van der Waals surface area contributed by atoms with Crippen molar-refractivity contribution in [3.63, 3.8) is 0 Å². The van der Waals surface area contributed by atoms with Crippen LogP contribution in [0.2, 0.25) is 0 Å². The molecule has 3 N–H and O–H groups in total. The first-order valence-electron chi connectivity index (χ1n) is 11.3. The second-order valence-corrected chi connectivity index (χ2v) is 8.51. The SMILES string of the molecule is Cc1cnc(NC(=O)[C@@H](CC2CCCC2)NC(=O)c2cccc(Nc3ccncc3F)c2)cn1. The van der Waals surface area contributed by atoms with Crippen molar-refractivity contribution in [1.82, 2.24) is 20.3 Å². The molecule has 8 nitrogen and oxygen atoms in total. The molecule has 4 rings (SSSR count). The van der Waals surface area contributed by atoms with Crippen LogP contribution in [0.3, 0.4) is 0 Å². The van der Waals surface area contributed by atoms with Crippen molar-refractivity contribution in [3.8, 4) is 0 Å². The molecule has 1 aromatic carbocycles. The highest BCUT2D eigenvalue weighted by molar-refractivity contribution is 6.01. The molecule has 2 amide bonds. The van der Waals surface area contributed by atoms with Crippen LogP contribution in [0, 0.1) is 18.7 Å². The van der Waals surface area contributed by atoms with Gasteiger partial charge in [0, 0.05) is 17.4 Å². The molecule has 3 aromatic rings. The zero-order valence-electron chi connectivity index (χ0n) is 18.9. The number of carbonyl (C=O) groups excluding carboxylic acids is 2. The molecule has 0 bridgehead atoms. The van der Waals surface area contributed by atoms with E-state index >= 15 is 0 Å². The van der Waals surface area contributed by atoms with Crippen LogP contribution in [0.15, 0.2) is 55.1 Å². The van der Waals surface area contributed by atoms with E-state index in [4.69, 9.17) is 0 Å². The summed E-state index contributed by atoms with van der Waals surface area (Å²) >= 11 is 0. The summed E-state index contributed by atoms with van der Waals surface area (Å²) in [6.45, 7) is 1.81. The maximum atomic E-state index is 13.9. The van der Waals surface area contributed by atoms with Gasteiger partial charge in [-0.15, -0.1) is 0 Å². The predicted molar refractivity (Wildman–Crippen MR) is 127 cm³/mol. The Kier molecular flexibility index (Phi) is 7.41. The molecule has 1 saturated carbocycles. The first-order chi connectivity index (χ1) is 16.5. The molecular weight excluding hydrogens is 435 g/mol. The van der Waals surface area contributed by atoms with Crippen molar-refractivity contribution in [3.05, 3.63) is 72.2 Å². The molecule has 2 aromatic heterocycles. The summed E-state index contributed by atoms with van der Waals surface area (Å²) in [7, 11) is 0. The van der Waals surface area contributed by atoms with E-state index in [9.17, 15) is 14.0 Å². The minimum Gasteiger partial charge on any atom is -0.353 e. The van der Waals surface area contributed by atoms with E-state index in [1.807, 2.05) is 6.92 Å². The van der Waals surface area contributed by atoms with Crippen LogP contribution in [-0.4, -0.2) is 32.8 Å². The average Bonchev–Trinajstić information content (AvgIpc) is 3.35. The van der Waals surface area contributed by atoms with Crippen LogP contribution in [0.4, 0.5) is 21.6 Å². The summed E-state index contributed by atoms with van der Waals surface area (Å²) < 4.78 is 13.9. The number of nitrogens with zero attached hydrogens (tertiary/aromatic N) is 3. The van der Waals surface area contributed by atoms with Gasteiger partial charge < -0.3 is 16.0 Å². The van der Waals surface area contributed by atoms with Crippen LogP contribution >= 0.6 is 0 Å². The standard InChI is InChI=1S/C25H27FN6O2/c1-16-13-29-23(15-28-16)32-25(34)22(11-17-5-2-3-6-17)31-24(33)18-7-4-8-19(12-18)30-21-9-10-27-14-20(21)26/h4,7-10,12-15,17,22H,2-3,5-6,11H2,1H3,(H,27,30)(H,31,33)(H,29,32,34)/t22-/m1/s1. The zero-order chi connectivity index (χ0) is 23.9. The largest absolute Gasteiger partial charge is 0.353 e. The monoisotopic (exact) mass is 462 g/mol. The third kappa shape index (κ3) is 6.12. The molecule has 0 aliphatic heterocycles. The van der Waals surface area contributed by atoms with Gasteiger partial charge in [-0.25, -0.2) is 9.37 Å². The van der Waals surface area contributed by atoms with Gasteiger partial charge in [-0.1, -0.05) is 31.7 Å². The Labute approximate surface area is 197 Å². The molecule has 1 atom stereocenters. The number of aromatic nitrogens is 3. The van der Waals surface area contributed by atoms with Gasteiger partial charge in [0.15, 0.2) is 11.6 Å². The number of amides is 2. The maximum Gasteiger partial charge on any atom is 0.252 e. The van der Waals surface area contributed by atoms with Crippen LogP contribution in [0.5, 0.6) is 0 Å². The highest BCUT2D eigenvalue weighted by atomic mass is 19.1. The zero-order valence-corrected chi connectivity index (χ0v) is 18.9. The summed E-state index contributed by atoms with van der Waals surface area (Å²) in [6, 6.07) is 7.50. The Hall–Kier alpha value is -3.88. The first kappa shape index (κ1) is 23.3. The van der Waals surface area contributed by atoms with Crippen molar-refractivity contribution in [2.45, 2.75) is 45.1 Å². The van der Waals surface area contributed by atoms with Gasteiger partial charge in [-0.05, 0) is 43.5 Å². The predicted octanol–water partition coefficient (Wildman–Crippen LogP) is 4.38. The molecule has 0 unspecified atom stereocenters. The summed E-state index contributed by atoms with van der Waals surface area (Å²) in [5.41, 5.74) is 1.91. The van der Waals surface area contributed by atoms with Crippen LogP contribution < -0.4 is 16.0 Å². The summed E-state index contributed by atoms with van der Waals surface area (Å²) in [5.74, 6) is -0.488. The quantitative estimate of drug-likeness (QED) is 0.458. The van der Waals surface area contributed by atoms with Gasteiger partial charge in [0.2, 0.25) is 5.91 Å². The molecule has 1 fully saturated rings. The Morgan fingerprint density at radius 1 is 1.12 bits per heavy atom. The molecule has 0 saturated heterocycles. The molecule has 9 heteroatoms.